The second-order valence-corrected chi connectivity index (χ2v) is 4.74. The second-order valence-electron chi connectivity index (χ2n) is 4.74. The van der Waals surface area contributed by atoms with E-state index in [-0.39, 0.29) is 17.8 Å². The van der Waals surface area contributed by atoms with Gasteiger partial charge in [0.15, 0.2) is 0 Å². The van der Waals surface area contributed by atoms with E-state index in [1.165, 1.54) is 12.1 Å². The van der Waals surface area contributed by atoms with Crippen LogP contribution in [0, 0.1) is 5.82 Å². The van der Waals surface area contributed by atoms with Crippen molar-refractivity contribution in [3.8, 4) is 5.75 Å². The highest BCUT2D eigenvalue weighted by Crippen LogP contribution is 2.11. The number of likely N-dealkylation sites (N-methyl/N-ethyl adjacent to an activating group) is 1. The Hall–Kier alpha value is -1.62. The van der Waals surface area contributed by atoms with E-state index in [9.17, 15) is 9.18 Å². The first-order chi connectivity index (χ1) is 10.1. The molecule has 1 atom stereocenters. The highest BCUT2D eigenvalue weighted by molar-refractivity contribution is 5.81. The molecule has 0 bridgehead atoms. The molecule has 0 unspecified atom stereocenters. The number of ether oxygens (including phenoxy) is 1. The van der Waals surface area contributed by atoms with Crippen molar-refractivity contribution in [1.29, 1.82) is 0 Å². The molecule has 4 nitrogen and oxygen atoms in total. The quantitative estimate of drug-likeness (QED) is 0.712. The molecule has 1 amide bonds. The third-order valence-electron chi connectivity index (χ3n) is 3.41. The Bertz CT molecular complexity index is 436. The van der Waals surface area contributed by atoms with Gasteiger partial charge >= 0.3 is 0 Å². The second kappa shape index (κ2) is 9.34. The fourth-order valence-corrected chi connectivity index (χ4v) is 2.29. The topological polar surface area (TPSA) is 41.6 Å². The Kier molecular flexibility index (Phi) is 7.75. The number of hydrogen-bond donors (Lipinski definition) is 1. The number of amides is 1. The van der Waals surface area contributed by atoms with Gasteiger partial charge in [0.1, 0.15) is 18.2 Å². The SMILES string of the molecule is CC[C@@H](C(=O)NCCOc1cccc(F)c1)N(CC)CC. The summed E-state index contributed by atoms with van der Waals surface area (Å²) in [5.41, 5.74) is 0. The lowest BCUT2D eigenvalue weighted by molar-refractivity contribution is -0.126. The average Bonchev–Trinajstić information content (AvgIpc) is 2.49. The van der Waals surface area contributed by atoms with Crippen molar-refractivity contribution >= 4 is 5.91 Å². The molecular weight excluding hydrogens is 271 g/mol. The van der Waals surface area contributed by atoms with Crippen LogP contribution in [-0.4, -0.2) is 43.1 Å². The van der Waals surface area contributed by atoms with E-state index in [4.69, 9.17) is 4.74 Å². The van der Waals surface area contributed by atoms with Crippen LogP contribution >= 0.6 is 0 Å². The molecule has 118 valence electrons. The lowest BCUT2D eigenvalue weighted by atomic mass is 10.1. The van der Waals surface area contributed by atoms with Crippen LogP contribution in [0.5, 0.6) is 5.75 Å². The summed E-state index contributed by atoms with van der Waals surface area (Å²) in [5, 5.41) is 2.87. The third kappa shape index (κ3) is 5.71. The van der Waals surface area contributed by atoms with Crippen LogP contribution in [0.2, 0.25) is 0 Å². The highest BCUT2D eigenvalue weighted by Gasteiger charge is 2.21. The van der Waals surface area contributed by atoms with Crippen molar-refractivity contribution in [3.05, 3.63) is 30.1 Å². The van der Waals surface area contributed by atoms with Gasteiger partial charge in [-0.3, -0.25) is 9.69 Å². The number of carbonyl (C=O) groups is 1. The van der Waals surface area contributed by atoms with Gasteiger partial charge in [-0.15, -0.1) is 0 Å². The number of nitrogens with zero attached hydrogens (tertiary/aromatic N) is 1. The average molecular weight is 296 g/mol. The normalized spacial score (nSPS) is 12.2. The summed E-state index contributed by atoms with van der Waals surface area (Å²) in [6, 6.07) is 5.87. The Morgan fingerprint density at radius 2 is 2.05 bits per heavy atom. The molecule has 1 rings (SSSR count). The predicted molar refractivity (Wildman–Crippen MR) is 81.9 cm³/mol. The van der Waals surface area contributed by atoms with Gasteiger partial charge in [-0.1, -0.05) is 26.8 Å². The van der Waals surface area contributed by atoms with Gasteiger partial charge in [0.05, 0.1) is 12.6 Å². The Morgan fingerprint density at radius 1 is 1.33 bits per heavy atom. The number of hydrogen-bond acceptors (Lipinski definition) is 3. The molecule has 0 heterocycles. The van der Waals surface area contributed by atoms with Crippen LogP contribution in [0.15, 0.2) is 24.3 Å². The summed E-state index contributed by atoms with van der Waals surface area (Å²) < 4.78 is 18.4. The maximum atomic E-state index is 13.0. The summed E-state index contributed by atoms with van der Waals surface area (Å²) >= 11 is 0. The maximum absolute atomic E-state index is 13.0. The van der Waals surface area contributed by atoms with Crippen LogP contribution in [0.4, 0.5) is 4.39 Å². The summed E-state index contributed by atoms with van der Waals surface area (Å²) in [5.74, 6) is 0.160. The predicted octanol–water partition coefficient (Wildman–Crippen LogP) is 2.44. The summed E-state index contributed by atoms with van der Waals surface area (Å²) in [4.78, 5) is 14.3. The number of carbonyl (C=O) groups excluding carboxylic acids is 1. The largest absolute Gasteiger partial charge is 0.492 e. The van der Waals surface area contributed by atoms with Crippen molar-refractivity contribution in [1.82, 2.24) is 10.2 Å². The molecule has 0 saturated carbocycles. The molecule has 1 N–H and O–H groups in total. The molecule has 0 spiro atoms. The summed E-state index contributed by atoms with van der Waals surface area (Å²) in [7, 11) is 0. The summed E-state index contributed by atoms with van der Waals surface area (Å²) in [6.45, 7) is 8.53. The van der Waals surface area contributed by atoms with Crippen LogP contribution in [-0.2, 0) is 4.79 Å². The van der Waals surface area contributed by atoms with E-state index in [1.54, 1.807) is 12.1 Å². The Morgan fingerprint density at radius 3 is 2.62 bits per heavy atom. The van der Waals surface area contributed by atoms with Gasteiger partial charge in [0.2, 0.25) is 5.91 Å². The molecule has 1 aromatic carbocycles. The van der Waals surface area contributed by atoms with E-state index in [2.05, 4.69) is 10.2 Å². The first-order valence-electron chi connectivity index (χ1n) is 7.52. The smallest absolute Gasteiger partial charge is 0.237 e. The lowest BCUT2D eigenvalue weighted by Crippen LogP contribution is -2.47. The van der Waals surface area contributed by atoms with E-state index in [0.717, 1.165) is 19.5 Å². The monoisotopic (exact) mass is 296 g/mol. The molecule has 0 saturated heterocycles. The van der Waals surface area contributed by atoms with E-state index in [1.807, 2.05) is 20.8 Å². The zero-order valence-electron chi connectivity index (χ0n) is 13.1. The fourth-order valence-electron chi connectivity index (χ4n) is 2.29. The van der Waals surface area contributed by atoms with E-state index >= 15 is 0 Å². The molecule has 5 heteroatoms. The van der Waals surface area contributed by atoms with Gasteiger partial charge in [0.25, 0.3) is 0 Å². The zero-order chi connectivity index (χ0) is 15.7. The fraction of sp³-hybridized carbons (Fsp3) is 0.562. The van der Waals surface area contributed by atoms with Gasteiger partial charge in [-0.25, -0.2) is 4.39 Å². The zero-order valence-corrected chi connectivity index (χ0v) is 13.1. The molecule has 0 aromatic heterocycles. The van der Waals surface area contributed by atoms with E-state index < -0.39 is 0 Å². The highest BCUT2D eigenvalue weighted by atomic mass is 19.1. The molecule has 0 aliphatic rings. The van der Waals surface area contributed by atoms with Gasteiger partial charge in [-0.05, 0) is 31.6 Å². The molecule has 1 aromatic rings. The van der Waals surface area contributed by atoms with Crippen molar-refractivity contribution < 1.29 is 13.9 Å². The van der Waals surface area contributed by atoms with E-state index in [0.29, 0.717) is 18.9 Å². The van der Waals surface area contributed by atoms with Crippen molar-refractivity contribution in [3.63, 3.8) is 0 Å². The first-order valence-corrected chi connectivity index (χ1v) is 7.52. The molecule has 0 radical (unpaired) electrons. The Labute approximate surface area is 126 Å². The van der Waals surface area contributed by atoms with Crippen LogP contribution in [0.3, 0.4) is 0 Å². The molecule has 0 aliphatic carbocycles. The van der Waals surface area contributed by atoms with Crippen LogP contribution in [0.25, 0.3) is 0 Å². The van der Waals surface area contributed by atoms with Gasteiger partial charge in [-0.2, -0.15) is 0 Å². The van der Waals surface area contributed by atoms with Crippen molar-refractivity contribution in [2.75, 3.05) is 26.2 Å². The molecular formula is C16H25FN2O2. The van der Waals surface area contributed by atoms with Crippen LogP contribution in [0.1, 0.15) is 27.2 Å². The number of rotatable bonds is 9. The minimum atomic E-state index is -0.330. The van der Waals surface area contributed by atoms with Crippen LogP contribution < -0.4 is 10.1 Å². The van der Waals surface area contributed by atoms with Crippen molar-refractivity contribution in [2.45, 2.75) is 33.2 Å². The molecule has 0 fully saturated rings. The van der Waals surface area contributed by atoms with Gasteiger partial charge in [0, 0.05) is 6.07 Å². The maximum Gasteiger partial charge on any atom is 0.237 e. The number of halogens is 1. The number of nitrogens with one attached hydrogen (secondary N) is 1. The minimum absolute atomic E-state index is 0.0176. The lowest BCUT2D eigenvalue weighted by Gasteiger charge is -2.27. The molecule has 21 heavy (non-hydrogen) atoms. The van der Waals surface area contributed by atoms with Crippen molar-refractivity contribution in [2.24, 2.45) is 0 Å². The number of benzene rings is 1. The molecule has 0 aliphatic heterocycles. The Balaban J connectivity index is 2.35. The van der Waals surface area contributed by atoms with Gasteiger partial charge < -0.3 is 10.1 Å². The standard InChI is InChI=1S/C16H25FN2O2/c1-4-15(19(5-2)6-3)16(20)18-10-11-21-14-9-7-8-13(17)12-14/h7-9,12,15H,4-6,10-11H2,1-3H3,(H,18,20)/t15-/m0/s1. The third-order valence-corrected chi connectivity index (χ3v) is 3.41. The summed E-state index contributed by atoms with van der Waals surface area (Å²) in [6.07, 6.45) is 0.776. The minimum Gasteiger partial charge on any atom is -0.492 e. The first kappa shape index (κ1) is 17.4.